The summed E-state index contributed by atoms with van der Waals surface area (Å²) in [7, 11) is -4.75. The maximum Gasteiger partial charge on any atom is 0.469 e. The molecule has 0 aromatic heterocycles. The molecule has 0 saturated carbocycles. The minimum Gasteiger partial charge on any atom is -0.462 e. The summed E-state index contributed by atoms with van der Waals surface area (Å²) in [5.41, 5.74) is 0. The maximum absolute atomic E-state index is 12.4. The standard InChI is InChI=1S/C42H79O8P/c1-3-5-7-9-11-13-15-17-19-20-21-22-23-25-27-29-31-33-35-37-42(44)50-40(39-49-51(45,46)47)38-48-41(43)36-34-32-30-28-26-24-18-16-14-12-10-8-6-4-2/h10,12,16,18,40H,3-9,11,13-15,17,19-39H2,1-2H3,(H2,45,46,47)/b12-10+,18-16+/t40-/m1/s1. The lowest BCUT2D eigenvalue weighted by Crippen LogP contribution is -2.29. The molecule has 0 aliphatic rings. The Morgan fingerprint density at radius 1 is 0.510 bits per heavy atom. The molecule has 0 aromatic rings. The maximum atomic E-state index is 12.4. The van der Waals surface area contributed by atoms with Crippen molar-refractivity contribution >= 4 is 19.8 Å². The smallest absolute Gasteiger partial charge is 0.462 e. The van der Waals surface area contributed by atoms with Crippen LogP contribution in [-0.4, -0.2) is 41.0 Å². The van der Waals surface area contributed by atoms with E-state index in [1.807, 2.05) is 0 Å². The van der Waals surface area contributed by atoms with E-state index in [9.17, 15) is 14.2 Å². The average molecular weight is 743 g/mol. The van der Waals surface area contributed by atoms with Crippen LogP contribution in [0.2, 0.25) is 0 Å². The molecular formula is C42H79O8P. The number of carbonyl (C=O) groups is 2. The normalized spacial score (nSPS) is 12.6. The van der Waals surface area contributed by atoms with E-state index in [4.69, 9.17) is 19.3 Å². The zero-order valence-electron chi connectivity index (χ0n) is 33.0. The quantitative estimate of drug-likeness (QED) is 0.0276. The Kier molecular flexibility index (Phi) is 37.2. The minimum atomic E-state index is -4.75. The van der Waals surface area contributed by atoms with E-state index >= 15 is 0 Å². The summed E-state index contributed by atoms with van der Waals surface area (Å²) in [6.07, 6.45) is 43.3. The third kappa shape index (κ3) is 41.2. The fraction of sp³-hybridized carbons (Fsp3) is 0.857. The number of rotatable bonds is 39. The van der Waals surface area contributed by atoms with Crippen molar-refractivity contribution in [2.45, 2.75) is 219 Å². The first-order valence-electron chi connectivity index (χ1n) is 21.1. The average Bonchev–Trinajstić information content (AvgIpc) is 3.10. The first-order valence-corrected chi connectivity index (χ1v) is 22.7. The number of hydrogen-bond acceptors (Lipinski definition) is 6. The second-order valence-corrected chi connectivity index (χ2v) is 15.6. The van der Waals surface area contributed by atoms with Gasteiger partial charge in [-0.15, -0.1) is 0 Å². The van der Waals surface area contributed by atoms with Gasteiger partial charge in [0.05, 0.1) is 6.61 Å². The highest BCUT2D eigenvalue weighted by atomic mass is 31.2. The second kappa shape index (κ2) is 38.3. The molecule has 0 rings (SSSR count). The van der Waals surface area contributed by atoms with Crippen molar-refractivity contribution in [3.63, 3.8) is 0 Å². The number of allylic oxidation sites excluding steroid dienone is 4. The molecule has 300 valence electrons. The molecule has 1 atom stereocenters. The van der Waals surface area contributed by atoms with Gasteiger partial charge >= 0.3 is 19.8 Å². The van der Waals surface area contributed by atoms with Crippen molar-refractivity contribution in [2.75, 3.05) is 13.2 Å². The van der Waals surface area contributed by atoms with Gasteiger partial charge < -0.3 is 19.3 Å². The number of carbonyl (C=O) groups excluding carboxylic acids is 2. The predicted molar refractivity (Wildman–Crippen MR) is 212 cm³/mol. The molecule has 0 fully saturated rings. The molecule has 8 nitrogen and oxygen atoms in total. The fourth-order valence-electron chi connectivity index (χ4n) is 6.04. The van der Waals surface area contributed by atoms with Gasteiger partial charge in [-0.2, -0.15) is 0 Å². The van der Waals surface area contributed by atoms with Crippen LogP contribution in [0.25, 0.3) is 0 Å². The summed E-state index contributed by atoms with van der Waals surface area (Å²) in [5.74, 6) is -0.892. The van der Waals surface area contributed by atoms with E-state index < -0.39 is 32.5 Å². The summed E-state index contributed by atoms with van der Waals surface area (Å²) in [6, 6.07) is 0. The van der Waals surface area contributed by atoms with Gasteiger partial charge in [0.2, 0.25) is 0 Å². The van der Waals surface area contributed by atoms with Crippen molar-refractivity contribution in [1.82, 2.24) is 0 Å². The summed E-state index contributed by atoms with van der Waals surface area (Å²) in [4.78, 5) is 42.8. The van der Waals surface area contributed by atoms with E-state index in [1.165, 1.54) is 109 Å². The van der Waals surface area contributed by atoms with E-state index in [0.29, 0.717) is 12.8 Å². The zero-order chi connectivity index (χ0) is 37.5. The largest absolute Gasteiger partial charge is 0.469 e. The monoisotopic (exact) mass is 743 g/mol. The molecule has 0 spiro atoms. The zero-order valence-corrected chi connectivity index (χ0v) is 33.9. The van der Waals surface area contributed by atoms with Crippen LogP contribution < -0.4 is 0 Å². The molecule has 51 heavy (non-hydrogen) atoms. The Labute approximate surface area is 313 Å². The van der Waals surface area contributed by atoms with E-state index in [2.05, 4.69) is 42.7 Å². The second-order valence-electron chi connectivity index (χ2n) is 14.3. The highest BCUT2D eigenvalue weighted by Gasteiger charge is 2.22. The van der Waals surface area contributed by atoms with Gasteiger partial charge in [0, 0.05) is 12.8 Å². The Morgan fingerprint density at radius 2 is 0.902 bits per heavy atom. The van der Waals surface area contributed by atoms with Crippen LogP contribution in [0.1, 0.15) is 213 Å². The summed E-state index contributed by atoms with van der Waals surface area (Å²) >= 11 is 0. The number of hydrogen-bond donors (Lipinski definition) is 2. The van der Waals surface area contributed by atoms with Crippen molar-refractivity contribution < 1.29 is 37.9 Å². The Balaban J connectivity index is 3.88. The van der Waals surface area contributed by atoms with E-state index in [0.717, 1.165) is 64.2 Å². The van der Waals surface area contributed by atoms with E-state index in [-0.39, 0.29) is 19.4 Å². The number of esters is 2. The highest BCUT2D eigenvalue weighted by Crippen LogP contribution is 2.36. The van der Waals surface area contributed by atoms with Crippen molar-refractivity contribution in [3.05, 3.63) is 24.3 Å². The molecule has 0 unspecified atom stereocenters. The summed E-state index contributed by atoms with van der Waals surface area (Å²) in [5, 5.41) is 0. The van der Waals surface area contributed by atoms with Crippen LogP contribution in [0, 0.1) is 0 Å². The third-order valence-corrected chi connectivity index (χ3v) is 9.71. The first kappa shape index (κ1) is 49.5. The van der Waals surface area contributed by atoms with Crippen molar-refractivity contribution in [3.8, 4) is 0 Å². The van der Waals surface area contributed by atoms with Crippen LogP contribution in [0.15, 0.2) is 24.3 Å². The Hall–Kier alpha value is -1.47. The number of phosphoric acid groups is 1. The van der Waals surface area contributed by atoms with Gasteiger partial charge in [-0.05, 0) is 38.5 Å². The van der Waals surface area contributed by atoms with Crippen LogP contribution in [0.4, 0.5) is 0 Å². The van der Waals surface area contributed by atoms with E-state index in [1.54, 1.807) is 0 Å². The Bertz CT molecular complexity index is 884. The SMILES string of the molecule is CCCC/C=C/C/C=C/CCCCCCCC(=O)OC[C@H](COP(=O)(O)O)OC(=O)CCCCCCCCCCCCCCCCCCCCC. The lowest BCUT2D eigenvalue weighted by Gasteiger charge is -2.18. The third-order valence-electron chi connectivity index (χ3n) is 9.22. The molecule has 2 N–H and O–H groups in total. The molecule has 0 radical (unpaired) electrons. The topological polar surface area (TPSA) is 119 Å². The van der Waals surface area contributed by atoms with Gasteiger partial charge in [-0.1, -0.05) is 186 Å². The van der Waals surface area contributed by atoms with Crippen LogP contribution >= 0.6 is 7.82 Å². The fourth-order valence-corrected chi connectivity index (χ4v) is 6.40. The van der Waals surface area contributed by atoms with Crippen molar-refractivity contribution in [2.24, 2.45) is 0 Å². The summed E-state index contributed by atoms with van der Waals surface area (Å²) < 4.78 is 26.4. The van der Waals surface area contributed by atoms with Crippen LogP contribution in [0.3, 0.4) is 0 Å². The Morgan fingerprint density at radius 3 is 1.35 bits per heavy atom. The molecule has 0 heterocycles. The van der Waals surface area contributed by atoms with Crippen LogP contribution in [-0.2, 0) is 28.2 Å². The highest BCUT2D eigenvalue weighted by molar-refractivity contribution is 7.46. The number of ether oxygens (including phenoxy) is 2. The van der Waals surface area contributed by atoms with Gasteiger partial charge in [0.15, 0.2) is 6.10 Å². The van der Waals surface area contributed by atoms with Gasteiger partial charge in [0.25, 0.3) is 0 Å². The van der Waals surface area contributed by atoms with Gasteiger partial charge in [-0.25, -0.2) is 4.57 Å². The van der Waals surface area contributed by atoms with Gasteiger partial charge in [0.1, 0.15) is 6.61 Å². The summed E-state index contributed by atoms with van der Waals surface area (Å²) in [6.45, 7) is 3.65. The molecule has 0 aliphatic carbocycles. The lowest BCUT2D eigenvalue weighted by atomic mass is 10.0. The van der Waals surface area contributed by atoms with Crippen LogP contribution in [0.5, 0.6) is 0 Å². The molecule has 0 amide bonds. The molecule has 9 heteroatoms. The van der Waals surface area contributed by atoms with Gasteiger partial charge in [-0.3, -0.25) is 14.1 Å². The predicted octanol–water partition coefficient (Wildman–Crippen LogP) is 12.8. The molecule has 0 aromatic carbocycles. The molecule has 0 bridgehead atoms. The lowest BCUT2D eigenvalue weighted by molar-refractivity contribution is -0.161. The number of unbranched alkanes of at least 4 members (excludes halogenated alkanes) is 25. The number of phosphoric ester groups is 1. The van der Waals surface area contributed by atoms with Crippen molar-refractivity contribution in [1.29, 1.82) is 0 Å². The molecule has 0 saturated heterocycles. The molecule has 0 aliphatic heterocycles. The minimum absolute atomic E-state index is 0.213. The molecular weight excluding hydrogens is 663 g/mol. The first-order chi connectivity index (χ1) is 24.8.